The van der Waals surface area contributed by atoms with Gasteiger partial charge in [-0.25, -0.2) is 0 Å². The Hall–Kier alpha value is -0.500. The maximum atomic E-state index is 9.16. The minimum absolute atomic E-state index is 0.123. The first kappa shape index (κ1) is 10.5. The van der Waals surface area contributed by atoms with Crippen molar-refractivity contribution < 1.29 is 10.2 Å². The van der Waals surface area contributed by atoms with Gasteiger partial charge in [-0.1, -0.05) is 19.8 Å². The summed E-state index contributed by atoms with van der Waals surface area (Å²) in [5.74, 6) is 0.424. The fourth-order valence-corrected chi connectivity index (χ4v) is 0.889. The number of hydrogen-bond acceptors (Lipinski definition) is 2. The Morgan fingerprint density at radius 3 is 2.64 bits per heavy atom. The third kappa shape index (κ3) is 7.40. The molecule has 0 atom stereocenters. The largest absolute Gasteiger partial charge is 0.513 e. The number of hydrogen-bond donors (Lipinski definition) is 2. The predicted octanol–water partition coefficient (Wildman–Crippen LogP) is 2.39. The molecule has 0 saturated carbocycles. The molecule has 0 heterocycles. The van der Waals surface area contributed by atoms with Crippen LogP contribution in [0.2, 0.25) is 0 Å². The molecule has 0 fully saturated rings. The molecule has 0 aromatic rings. The van der Waals surface area contributed by atoms with Crippen LogP contribution in [-0.4, -0.2) is 16.8 Å². The molecule has 2 N–H and O–H groups in total. The van der Waals surface area contributed by atoms with Crippen molar-refractivity contribution in [3.63, 3.8) is 0 Å². The lowest BCUT2D eigenvalue weighted by Crippen LogP contribution is -1.84. The molecule has 0 unspecified atom stereocenters. The van der Waals surface area contributed by atoms with Gasteiger partial charge in [0.15, 0.2) is 0 Å². The van der Waals surface area contributed by atoms with Gasteiger partial charge in [0.1, 0.15) is 0 Å². The lowest BCUT2D eigenvalue weighted by molar-refractivity contribution is 0.298. The second kappa shape index (κ2) is 7.61. The smallest absolute Gasteiger partial charge is 0.0883 e. The van der Waals surface area contributed by atoms with Crippen LogP contribution in [0, 0.1) is 0 Å². The van der Waals surface area contributed by atoms with E-state index in [2.05, 4.69) is 6.92 Å². The molecule has 0 aromatic heterocycles. The summed E-state index contributed by atoms with van der Waals surface area (Å²) in [5, 5.41) is 17.6. The monoisotopic (exact) mass is 158 g/mol. The van der Waals surface area contributed by atoms with E-state index in [4.69, 9.17) is 10.2 Å². The van der Waals surface area contributed by atoms with Crippen molar-refractivity contribution in [3.05, 3.63) is 11.8 Å². The zero-order valence-corrected chi connectivity index (χ0v) is 7.21. The fraction of sp³-hybridized carbons (Fsp3) is 0.778. The van der Waals surface area contributed by atoms with E-state index in [-0.39, 0.29) is 6.61 Å². The topological polar surface area (TPSA) is 40.5 Å². The van der Waals surface area contributed by atoms with Gasteiger partial charge >= 0.3 is 0 Å². The van der Waals surface area contributed by atoms with E-state index in [0.29, 0.717) is 12.2 Å². The fourth-order valence-electron chi connectivity index (χ4n) is 0.889. The van der Waals surface area contributed by atoms with Gasteiger partial charge in [-0.3, -0.25) is 0 Å². The van der Waals surface area contributed by atoms with E-state index in [1.54, 1.807) is 6.08 Å². The highest BCUT2D eigenvalue weighted by atomic mass is 16.3. The van der Waals surface area contributed by atoms with Crippen LogP contribution in [0.15, 0.2) is 11.8 Å². The molecule has 0 aliphatic heterocycles. The molecular formula is C9H18O2. The summed E-state index contributed by atoms with van der Waals surface area (Å²) < 4.78 is 0. The first-order valence-corrected chi connectivity index (χ1v) is 4.30. The third-order valence-electron chi connectivity index (χ3n) is 1.55. The Kier molecular flexibility index (Phi) is 7.26. The first-order chi connectivity index (χ1) is 5.31. The Bertz CT molecular complexity index is 108. The minimum Gasteiger partial charge on any atom is -0.513 e. The highest BCUT2D eigenvalue weighted by molar-refractivity contribution is 4.90. The molecular weight excluding hydrogens is 140 g/mol. The molecule has 0 spiro atoms. The van der Waals surface area contributed by atoms with Crippen molar-refractivity contribution in [2.75, 3.05) is 6.61 Å². The average molecular weight is 158 g/mol. The highest BCUT2D eigenvalue weighted by Crippen LogP contribution is 2.06. The van der Waals surface area contributed by atoms with Crippen molar-refractivity contribution in [2.45, 2.75) is 39.0 Å². The second-order valence-corrected chi connectivity index (χ2v) is 2.66. The van der Waals surface area contributed by atoms with E-state index in [9.17, 15) is 0 Å². The second-order valence-electron chi connectivity index (χ2n) is 2.66. The zero-order chi connectivity index (χ0) is 8.53. The van der Waals surface area contributed by atoms with Gasteiger partial charge in [-0.2, -0.15) is 0 Å². The van der Waals surface area contributed by atoms with Gasteiger partial charge in [0.05, 0.1) is 5.76 Å². The Morgan fingerprint density at radius 1 is 1.36 bits per heavy atom. The quantitative estimate of drug-likeness (QED) is 0.460. The first-order valence-electron chi connectivity index (χ1n) is 4.30. The molecule has 2 nitrogen and oxygen atoms in total. The van der Waals surface area contributed by atoms with Crippen molar-refractivity contribution in [1.29, 1.82) is 0 Å². The Morgan fingerprint density at radius 2 is 2.09 bits per heavy atom. The van der Waals surface area contributed by atoms with Crippen LogP contribution in [0.4, 0.5) is 0 Å². The van der Waals surface area contributed by atoms with Crippen molar-refractivity contribution >= 4 is 0 Å². The van der Waals surface area contributed by atoms with Crippen molar-refractivity contribution in [2.24, 2.45) is 0 Å². The van der Waals surface area contributed by atoms with E-state index in [1.165, 1.54) is 6.42 Å². The lowest BCUT2D eigenvalue weighted by Gasteiger charge is -1.97. The summed E-state index contributed by atoms with van der Waals surface area (Å²) in [5.41, 5.74) is 0. The molecule has 2 heteroatoms. The van der Waals surface area contributed by atoms with Gasteiger partial charge in [-0.05, 0) is 18.9 Å². The van der Waals surface area contributed by atoms with Crippen LogP contribution in [-0.2, 0) is 0 Å². The minimum atomic E-state index is 0.123. The van der Waals surface area contributed by atoms with E-state index in [1.807, 2.05) is 0 Å². The van der Waals surface area contributed by atoms with Gasteiger partial charge in [0.2, 0.25) is 0 Å². The molecule has 0 saturated heterocycles. The molecule has 0 aliphatic rings. The molecule has 0 amide bonds. The van der Waals surface area contributed by atoms with E-state index < -0.39 is 0 Å². The highest BCUT2D eigenvalue weighted by Gasteiger charge is 1.91. The van der Waals surface area contributed by atoms with Crippen LogP contribution in [0.1, 0.15) is 39.0 Å². The van der Waals surface area contributed by atoms with Crippen LogP contribution in [0.25, 0.3) is 0 Å². The third-order valence-corrected chi connectivity index (χ3v) is 1.55. The molecule has 0 aromatic carbocycles. The number of aliphatic hydroxyl groups is 2. The van der Waals surface area contributed by atoms with Gasteiger partial charge in [0, 0.05) is 13.0 Å². The molecule has 0 rings (SSSR count). The average Bonchev–Trinajstić information content (AvgIpc) is 2.01. The molecule has 66 valence electrons. The summed E-state index contributed by atoms with van der Waals surface area (Å²) in [7, 11) is 0. The normalized spacial score (nSPS) is 12.0. The molecule has 11 heavy (non-hydrogen) atoms. The number of aliphatic hydroxyl groups excluding tert-OH is 2. The summed E-state index contributed by atoms with van der Waals surface area (Å²) in [6.07, 6.45) is 6.40. The maximum absolute atomic E-state index is 9.16. The molecule has 0 bridgehead atoms. The van der Waals surface area contributed by atoms with Crippen LogP contribution >= 0.6 is 0 Å². The summed E-state index contributed by atoms with van der Waals surface area (Å²) in [6.45, 7) is 2.26. The van der Waals surface area contributed by atoms with Crippen molar-refractivity contribution in [1.82, 2.24) is 0 Å². The Labute approximate surface area is 68.6 Å². The standard InChI is InChI=1S/C9H18O2/c1-2-3-4-6-9(11)7-5-8-10/h7,10-11H,2-6,8H2,1H3/b9-7+. The number of allylic oxidation sites excluding steroid dienone is 1. The number of unbranched alkanes of at least 4 members (excludes halogenated alkanes) is 2. The van der Waals surface area contributed by atoms with Crippen molar-refractivity contribution in [3.8, 4) is 0 Å². The number of rotatable bonds is 6. The zero-order valence-electron chi connectivity index (χ0n) is 7.21. The summed E-state index contributed by atoms with van der Waals surface area (Å²) in [6, 6.07) is 0. The van der Waals surface area contributed by atoms with Crippen LogP contribution in [0.5, 0.6) is 0 Å². The maximum Gasteiger partial charge on any atom is 0.0883 e. The Balaban J connectivity index is 3.27. The molecule has 0 aliphatic carbocycles. The van der Waals surface area contributed by atoms with Crippen LogP contribution in [0.3, 0.4) is 0 Å². The SMILES string of the molecule is CCCCC/C(O)=C\CCO. The van der Waals surface area contributed by atoms with E-state index in [0.717, 1.165) is 19.3 Å². The lowest BCUT2D eigenvalue weighted by atomic mass is 10.2. The van der Waals surface area contributed by atoms with Gasteiger partial charge in [0.25, 0.3) is 0 Å². The van der Waals surface area contributed by atoms with Gasteiger partial charge < -0.3 is 10.2 Å². The summed E-state index contributed by atoms with van der Waals surface area (Å²) >= 11 is 0. The van der Waals surface area contributed by atoms with Gasteiger partial charge in [-0.15, -0.1) is 0 Å². The molecule has 0 radical (unpaired) electrons. The summed E-state index contributed by atoms with van der Waals surface area (Å²) in [4.78, 5) is 0. The predicted molar refractivity (Wildman–Crippen MR) is 46.6 cm³/mol. The van der Waals surface area contributed by atoms with Crippen LogP contribution < -0.4 is 0 Å². The van der Waals surface area contributed by atoms with E-state index >= 15 is 0 Å².